The van der Waals surface area contributed by atoms with E-state index in [1.54, 1.807) is 0 Å². The first kappa shape index (κ1) is 12.7. The molecule has 0 unspecified atom stereocenters. The molecule has 2 aromatic rings. The van der Waals surface area contributed by atoms with Crippen LogP contribution in [0.5, 0.6) is 5.75 Å². The topological polar surface area (TPSA) is 9.23 Å². The Kier molecular flexibility index (Phi) is 4.40. The Morgan fingerprint density at radius 3 is 2.33 bits per heavy atom. The van der Waals surface area contributed by atoms with Crippen molar-refractivity contribution in [3.05, 3.63) is 54.1 Å². The minimum atomic E-state index is 0.714. The van der Waals surface area contributed by atoms with E-state index < -0.39 is 0 Å². The molecule has 0 aliphatic carbocycles. The van der Waals surface area contributed by atoms with Crippen molar-refractivity contribution in [2.75, 3.05) is 6.61 Å². The fraction of sp³-hybridized carbons (Fsp3) is 0.294. The maximum absolute atomic E-state index is 5.46. The van der Waals surface area contributed by atoms with Gasteiger partial charge in [0.25, 0.3) is 0 Å². The number of hydrogen-bond donors (Lipinski definition) is 0. The molecule has 0 fully saturated rings. The van der Waals surface area contributed by atoms with Crippen molar-refractivity contribution >= 4 is 0 Å². The summed E-state index contributed by atoms with van der Waals surface area (Å²) in [6.45, 7) is 4.93. The molecule has 0 aliphatic rings. The minimum Gasteiger partial charge on any atom is -0.494 e. The van der Waals surface area contributed by atoms with Crippen molar-refractivity contribution in [2.45, 2.75) is 26.7 Å². The molecule has 18 heavy (non-hydrogen) atoms. The monoisotopic (exact) mass is 240 g/mol. The molecular weight excluding hydrogens is 220 g/mol. The number of rotatable bonds is 5. The average Bonchev–Trinajstić information content (AvgIpc) is 2.41. The van der Waals surface area contributed by atoms with Crippen LogP contribution in [0.4, 0.5) is 0 Å². The predicted octanol–water partition coefficient (Wildman–Crippen LogP) is 4.70. The molecule has 2 aromatic carbocycles. The molecule has 0 aliphatic heterocycles. The Hall–Kier alpha value is -1.76. The van der Waals surface area contributed by atoms with Crippen LogP contribution in [-0.2, 0) is 6.42 Å². The summed E-state index contributed by atoms with van der Waals surface area (Å²) in [5.41, 5.74) is 3.93. The highest BCUT2D eigenvalue weighted by atomic mass is 16.5. The Bertz CT molecular complexity index is 485. The van der Waals surface area contributed by atoms with Gasteiger partial charge in [-0.1, -0.05) is 49.7 Å². The van der Waals surface area contributed by atoms with E-state index in [9.17, 15) is 0 Å². The van der Waals surface area contributed by atoms with Gasteiger partial charge >= 0.3 is 0 Å². The second-order valence-electron chi connectivity index (χ2n) is 4.41. The van der Waals surface area contributed by atoms with Gasteiger partial charge in [-0.15, -0.1) is 0 Å². The highest BCUT2D eigenvalue weighted by Gasteiger charge is 2.00. The standard InChI is InChI=1S/C17H20O/c1-3-6-14-7-5-8-16(13-14)15-9-11-17(12-10-15)18-4-2/h5,7-13H,3-4,6H2,1-2H3. The van der Waals surface area contributed by atoms with E-state index >= 15 is 0 Å². The zero-order chi connectivity index (χ0) is 12.8. The first-order valence-corrected chi connectivity index (χ1v) is 6.65. The van der Waals surface area contributed by atoms with E-state index in [0.29, 0.717) is 6.61 Å². The van der Waals surface area contributed by atoms with E-state index in [-0.39, 0.29) is 0 Å². The lowest BCUT2D eigenvalue weighted by Gasteiger charge is -2.07. The second-order valence-corrected chi connectivity index (χ2v) is 4.41. The maximum Gasteiger partial charge on any atom is 0.119 e. The van der Waals surface area contributed by atoms with E-state index in [4.69, 9.17) is 4.74 Å². The first-order chi connectivity index (χ1) is 8.83. The molecule has 0 saturated heterocycles. The van der Waals surface area contributed by atoms with Crippen LogP contribution >= 0.6 is 0 Å². The van der Waals surface area contributed by atoms with Gasteiger partial charge in [0, 0.05) is 0 Å². The molecule has 0 amide bonds. The Morgan fingerprint density at radius 1 is 0.889 bits per heavy atom. The van der Waals surface area contributed by atoms with Gasteiger partial charge in [0.2, 0.25) is 0 Å². The van der Waals surface area contributed by atoms with Crippen LogP contribution in [0.1, 0.15) is 25.8 Å². The van der Waals surface area contributed by atoms with Crippen LogP contribution in [0.3, 0.4) is 0 Å². The van der Waals surface area contributed by atoms with Gasteiger partial charge in [-0.3, -0.25) is 0 Å². The first-order valence-electron chi connectivity index (χ1n) is 6.65. The summed E-state index contributed by atoms with van der Waals surface area (Å²) in [7, 11) is 0. The lowest BCUT2D eigenvalue weighted by atomic mass is 10.0. The van der Waals surface area contributed by atoms with Crippen molar-refractivity contribution in [2.24, 2.45) is 0 Å². The summed E-state index contributed by atoms with van der Waals surface area (Å²) in [6.07, 6.45) is 2.33. The van der Waals surface area contributed by atoms with Gasteiger partial charge in [0.05, 0.1) is 6.61 Å². The molecule has 1 heteroatoms. The molecule has 0 heterocycles. The number of hydrogen-bond acceptors (Lipinski definition) is 1. The number of benzene rings is 2. The quantitative estimate of drug-likeness (QED) is 0.735. The van der Waals surface area contributed by atoms with E-state index in [1.807, 2.05) is 19.1 Å². The van der Waals surface area contributed by atoms with Gasteiger partial charge in [-0.05, 0) is 42.2 Å². The fourth-order valence-corrected chi connectivity index (χ4v) is 2.11. The number of aryl methyl sites for hydroxylation is 1. The lowest BCUT2D eigenvalue weighted by Crippen LogP contribution is -1.90. The van der Waals surface area contributed by atoms with Crippen LogP contribution in [0.15, 0.2) is 48.5 Å². The lowest BCUT2D eigenvalue weighted by molar-refractivity contribution is 0.340. The number of ether oxygens (including phenoxy) is 1. The highest BCUT2D eigenvalue weighted by molar-refractivity contribution is 5.64. The van der Waals surface area contributed by atoms with E-state index in [1.165, 1.54) is 23.1 Å². The average molecular weight is 240 g/mol. The summed E-state index contributed by atoms with van der Waals surface area (Å²) in [6, 6.07) is 17.1. The molecule has 1 nitrogen and oxygen atoms in total. The maximum atomic E-state index is 5.46. The van der Waals surface area contributed by atoms with Gasteiger partial charge in [0.15, 0.2) is 0 Å². The van der Waals surface area contributed by atoms with E-state index in [2.05, 4.69) is 43.3 Å². The largest absolute Gasteiger partial charge is 0.494 e. The molecule has 0 saturated carbocycles. The van der Waals surface area contributed by atoms with Crippen LogP contribution in [0.2, 0.25) is 0 Å². The van der Waals surface area contributed by atoms with Crippen molar-refractivity contribution in [1.29, 1.82) is 0 Å². The minimum absolute atomic E-state index is 0.714. The third kappa shape index (κ3) is 3.13. The fourth-order valence-electron chi connectivity index (χ4n) is 2.11. The van der Waals surface area contributed by atoms with Crippen molar-refractivity contribution in [1.82, 2.24) is 0 Å². The zero-order valence-electron chi connectivity index (χ0n) is 11.1. The summed E-state index contributed by atoms with van der Waals surface area (Å²) in [4.78, 5) is 0. The van der Waals surface area contributed by atoms with Crippen LogP contribution < -0.4 is 4.74 Å². The third-order valence-corrected chi connectivity index (χ3v) is 2.96. The summed E-state index contributed by atoms with van der Waals surface area (Å²) in [5, 5.41) is 0. The molecule has 0 aromatic heterocycles. The van der Waals surface area contributed by atoms with Crippen molar-refractivity contribution in [3.8, 4) is 16.9 Å². The van der Waals surface area contributed by atoms with Gasteiger partial charge < -0.3 is 4.74 Å². The molecule has 0 bridgehead atoms. The van der Waals surface area contributed by atoms with Crippen LogP contribution in [0.25, 0.3) is 11.1 Å². The SMILES string of the molecule is CCCc1cccc(-c2ccc(OCC)cc2)c1. The molecule has 0 atom stereocenters. The molecule has 0 N–H and O–H groups in total. The summed E-state index contributed by atoms with van der Waals surface area (Å²) in [5.74, 6) is 0.936. The molecule has 2 rings (SSSR count). The Labute approximate surface area is 109 Å². The molecule has 0 radical (unpaired) electrons. The van der Waals surface area contributed by atoms with Gasteiger partial charge in [-0.25, -0.2) is 0 Å². The third-order valence-electron chi connectivity index (χ3n) is 2.96. The normalized spacial score (nSPS) is 10.3. The van der Waals surface area contributed by atoms with Crippen molar-refractivity contribution < 1.29 is 4.74 Å². The Morgan fingerprint density at radius 2 is 1.67 bits per heavy atom. The zero-order valence-corrected chi connectivity index (χ0v) is 11.1. The van der Waals surface area contributed by atoms with Gasteiger partial charge in [0.1, 0.15) is 5.75 Å². The van der Waals surface area contributed by atoms with E-state index in [0.717, 1.165) is 12.2 Å². The molecular formula is C17H20O. The van der Waals surface area contributed by atoms with Crippen molar-refractivity contribution in [3.63, 3.8) is 0 Å². The highest BCUT2D eigenvalue weighted by Crippen LogP contribution is 2.23. The Balaban J connectivity index is 2.22. The molecule has 0 spiro atoms. The summed E-state index contributed by atoms with van der Waals surface area (Å²) >= 11 is 0. The molecule has 94 valence electrons. The smallest absolute Gasteiger partial charge is 0.119 e. The second kappa shape index (κ2) is 6.25. The van der Waals surface area contributed by atoms with Crippen LogP contribution in [0, 0.1) is 0 Å². The van der Waals surface area contributed by atoms with Gasteiger partial charge in [-0.2, -0.15) is 0 Å². The van der Waals surface area contributed by atoms with Crippen LogP contribution in [-0.4, -0.2) is 6.61 Å². The summed E-state index contributed by atoms with van der Waals surface area (Å²) < 4.78 is 5.46. The predicted molar refractivity (Wildman–Crippen MR) is 77.0 cm³/mol.